The first-order valence-corrected chi connectivity index (χ1v) is 20.6. The molecule has 0 atom stereocenters. The third kappa shape index (κ3) is 6.83. The minimum atomic E-state index is -1.16. The Bertz CT molecular complexity index is 1370. The standard InChI is InChI=1S/C27H39ClN4O3Si2/c1-33-26-20(8-10-24-22(26)16-29-32(24)19-35-13-15-37(5,6)7)23-17-31(18-34-12-14-36(2,3)4)27-21(23)9-11-25(28)30-27/h8-11,16-17H,12-15,18-19H2,1-7H3. The molecule has 0 saturated heterocycles. The molecule has 0 aliphatic carbocycles. The van der Waals surface area contributed by atoms with E-state index in [-0.39, 0.29) is 0 Å². The van der Waals surface area contributed by atoms with Crippen molar-refractivity contribution in [1.82, 2.24) is 19.3 Å². The van der Waals surface area contributed by atoms with Crippen molar-refractivity contribution >= 4 is 49.7 Å². The normalized spacial score (nSPS) is 12.6. The Kier molecular flexibility index (Phi) is 8.49. The highest BCUT2D eigenvalue weighted by atomic mass is 35.5. The lowest BCUT2D eigenvalue weighted by Crippen LogP contribution is -2.22. The zero-order valence-corrected chi connectivity index (χ0v) is 25.9. The van der Waals surface area contributed by atoms with E-state index in [2.05, 4.69) is 67.7 Å². The Balaban J connectivity index is 1.64. The molecule has 0 N–H and O–H groups in total. The van der Waals surface area contributed by atoms with Crippen molar-refractivity contribution in [2.24, 2.45) is 0 Å². The van der Waals surface area contributed by atoms with Gasteiger partial charge in [0.25, 0.3) is 0 Å². The first-order chi connectivity index (χ1) is 17.5. The van der Waals surface area contributed by atoms with Gasteiger partial charge < -0.3 is 18.8 Å². The van der Waals surface area contributed by atoms with E-state index in [1.165, 1.54) is 0 Å². The molecule has 10 heteroatoms. The maximum Gasteiger partial charge on any atom is 0.144 e. The Morgan fingerprint density at radius 1 is 0.838 bits per heavy atom. The fourth-order valence-electron chi connectivity index (χ4n) is 4.19. The number of pyridine rings is 1. The zero-order valence-electron chi connectivity index (χ0n) is 23.1. The van der Waals surface area contributed by atoms with E-state index in [9.17, 15) is 0 Å². The zero-order chi connectivity index (χ0) is 26.8. The van der Waals surface area contributed by atoms with Crippen LogP contribution >= 0.6 is 11.6 Å². The molecule has 3 heterocycles. The van der Waals surface area contributed by atoms with Crippen LogP contribution in [0, 0.1) is 0 Å². The Hall–Kier alpha value is -2.18. The van der Waals surface area contributed by atoms with Gasteiger partial charge >= 0.3 is 0 Å². The molecule has 0 amide bonds. The van der Waals surface area contributed by atoms with Gasteiger partial charge in [-0.3, -0.25) is 0 Å². The van der Waals surface area contributed by atoms with Crippen molar-refractivity contribution in [3.05, 3.63) is 41.8 Å². The summed E-state index contributed by atoms with van der Waals surface area (Å²) in [6, 6.07) is 10.2. The quantitative estimate of drug-likeness (QED) is 0.103. The number of aromatic nitrogens is 4. The third-order valence-electron chi connectivity index (χ3n) is 6.40. The number of benzene rings is 1. The molecule has 0 bridgehead atoms. The lowest BCUT2D eigenvalue weighted by atomic mass is 10.0. The topological polar surface area (TPSA) is 63.3 Å². The highest BCUT2D eigenvalue weighted by Gasteiger charge is 2.20. The van der Waals surface area contributed by atoms with Crippen LogP contribution in [0.15, 0.2) is 36.7 Å². The number of methoxy groups -OCH3 is 1. The molecule has 0 saturated carbocycles. The van der Waals surface area contributed by atoms with Gasteiger partial charge in [0.05, 0.1) is 24.2 Å². The van der Waals surface area contributed by atoms with Crippen LogP contribution in [-0.4, -0.2) is 55.8 Å². The SMILES string of the molecule is COc1c(-c2cn(COCC[Si](C)(C)C)c3nc(Cl)ccc23)ccc2c1cnn2COCC[Si](C)(C)C. The number of fused-ring (bicyclic) bond motifs is 2. The van der Waals surface area contributed by atoms with Crippen molar-refractivity contribution in [3.63, 3.8) is 0 Å². The van der Waals surface area contributed by atoms with Crippen molar-refractivity contribution < 1.29 is 14.2 Å². The van der Waals surface area contributed by atoms with E-state index < -0.39 is 16.1 Å². The summed E-state index contributed by atoms with van der Waals surface area (Å²) in [5, 5.41) is 6.99. The maximum atomic E-state index is 6.28. The molecule has 4 aromatic rings. The van der Waals surface area contributed by atoms with Crippen LogP contribution in [0.4, 0.5) is 0 Å². The third-order valence-corrected chi connectivity index (χ3v) is 10.0. The Labute approximate surface area is 226 Å². The Morgan fingerprint density at radius 2 is 1.51 bits per heavy atom. The van der Waals surface area contributed by atoms with Gasteiger partial charge in [0.15, 0.2) is 0 Å². The van der Waals surface area contributed by atoms with Crippen LogP contribution in [0.3, 0.4) is 0 Å². The molecular formula is C27H39ClN4O3Si2. The minimum Gasteiger partial charge on any atom is -0.495 e. The van der Waals surface area contributed by atoms with Crippen molar-refractivity contribution in [2.75, 3.05) is 20.3 Å². The van der Waals surface area contributed by atoms with E-state index in [4.69, 9.17) is 25.8 Å². The molecule has 0 unspecified atom stereocenters. The molecule has 0 radical (unpaired) electrons. The predicted molar refractivity (Wildman–Crippen MR) is 158 cm³/mol. The molecule has 1 aromatic carbocycles. The molecule has 37 heavy (non-hydrogen) atoms. The van der Waals surface area contributed by atoms with E-state index >= 15 is 0 Å². The second-order valence-electron chi connectivity index (χ2n) is 11.9. The van der Waals surface area contributed by atoms with Crippen molar-refractivity contribution in [1.29, 1.82) is 0 Å². The lowest BCUT2D eigenvalue weighted by Gasteiger charge is -2.15. The van der Waals surface area contributed by atoms with E-state index in [1.807, 2.05) is 27.6 Å². The molecule has 0 aliphatic rings. The molecular weight excluding hydrogens is 520 g/mol. The predicted octanol–water partition coefficient (Wildman–Crippen LogP) is 7.34. The van der Waals surface area contributed by atoms with Crippen LogP contribution in [0.1, 0.15) is 0 Å². The first kappa shape index (κ1) is 27.8. The summed E-state index contributed by atoms with van der Waals surface area (Å²) in [6.07, 6.45) is 3.93. The average Bonchev–Trinajstić information content (AvgIpc) is 3.39. The summed E-state index contributed by atoms with van der Waals surface area (Å²) in [5.41, 5.74) is 3.77. The number of halogens is 1. The van der Waals surface area contributed by atoms with Gasteiger partial charge in [-0.05, 0) is 36.4 Å². The fourth-order valence-corrected chi connectivity index (χ4v) is 5.84. The van der Waals surface area contributed by atoms with E-state index in [1.54, 1.807) is 7.11 Å². The van der Waals surface area contributed by atoms with Gasteiger partial charge in [-0.2, -0.15) is 5.10 Å². The molecule has 200 valence electrons. The second kappa shape index (κ2) is 11.3. The number of hydrogen-bond acceptors (Lipinski definition) is 5. The summed E-state index contributed by atoms with van der Waals surface area (Å²) in [5.74, 6) is 0.777. The highest BCUT2D eigenvalue weighted by molar-refractivity contribution is 6.76. The monoisotopic (exact) mass is 558 g/mol. The fraction of sp³-hybridized carbons (Fsp3) is 0.481. The largest absolute Gasteiger partial charge is 0.495 e. The summed E-state index contributed by atoms with van der Waals surface area (Å²) in [6.45, 7) is 16.4. The van der Waals surface area contributed by atoms with Crippen molar-refractivity contribution in [3.8, 4) is 16.9 Å². The van der Waals surface area contributed by atoms with Gasteiger partial charge in [-0.15, -0.1) is 0 Å². The summed E-state index contributed by atoms with van der Waals surface area (Å²) >= 11 is 6.28. The molecule has 3 aromatic heterocycles. The maximum absolute atomic E-state index is 6.28. The molecule has 0 fully saturated rings. The average molecular weight is 559 g/mol. The molecule has 0 spiro atoms. The van der Waals surface area contributed by atoms with Gasteiger partial charge in [-0.1, -0.05) is 50.9 Å². The number of rotatable bonds is 12. The van der Waals surface area contributed by atoms with Crippen molar-refractivity contribution in [2.45, 2.75) is 64.8 Å². The second-order valence-corrected chi connectivity index (χ2v) is 23.6. The summed E-state index contributed by atoms with van der Waals surface area (Å²) in [4.78, 5) is 4.62. The van der Waals surface area contributed by atoms with Gasteiger partial charge in [0.2, 0.25) is 0 Å². The highest BCUT2D eigenvalue weighted by Crippen LogP contribution is 2.40. The first-order valence-electron chi connectivity index (χ1n) is 12.8. The van der Waals surface area contributed by atoms with Crippen LogP contribution in [0.5, 0.6) is 5.75 Å². The van der Waals surface area contributed by atoms with E-state index in [0.29, 0.717) is 18.6 Å². The smallest absolute Gasteiger partial charge is 0.144 e. The molecule has 7 nitrogen and oxygen atoms in total. The van der Waals surface area contributed by atoms with Gasteiger partial charge in [0.1, 0.15) is 30.0 Å². The summed E-state index contributed by atoms with van der Waals surface area (Å²) < 4.78 is 21.9. The van der Waals surface area contributed by atoms with Crippen LogP contribution in [0.25, 0.3) is 33.1 Å². The molecule has 0 aliphatic heterocycles. The minimum absolute atomic E-state index is 0.422. The lowest BCUT2D eigenvalue weighted by molar-refractivity contribution is 0.0817. The van der Waals surface area contributed by atoms with Crippen LogP contribution < -0.4 is 4.74 Å². The number of ether oxygens (including phenoxy) is 3. The van der Waals surface area contributed by atoms with Crippen LogP contribution in [0.2, 0.25) is 56.5 Å². The van der Waals surface area contributed by atoms with Gasteiger partial charge in [-0.25, -0.2) is 9.67 Å². The van der Waals surface area contributed by atoms with E-state index in [0.717, 1.165) is 64.1 Å². The van der Waals surface area contributed by atoms with Crippen LogP contribution in [-0.2, 0) is 22.9 Å². The summed E-state index contributed by atoms with van der Waals surface area (Å²) in [7, 11) is -0.595. The number of hydrogen-bond donors (Lipinski definition) is 0. The molecule has 4 rings (SSSR count). The van der Waals surface area contributed by atoms with Gasteiger partial charge in [0, 0.05) is 52.1 Å². The number of nitrogens with zero attached hydrogens (tertiary/aromatic N) is 4. The Morgan fingerprint density at radius 3 is 2.16 bits per heavy atom.